The minimum Gasteiger partial charge on any atom is -0.394 e. The molecule has 3 unspecified atom stereocenters. The number of hydrogen-bond donors (Lipinski definition) is 4. The first kappa shape index (κ1) is 18.7. The van der Waals surface area contributed by atoms with Crippen LogP contribution in [-0.4, -0.2) is 76.7 Å². The minimum absolute atomic E-state index is 0.00194. The zero-order valence-corrected chi connectivity index (χ0v) is 14.2. The molecule has 2 saturated heterocycles. The van der Waals surface area contributed by atoms with Gasteiger partial charge in [-0.05, 0) is 18.7 Å². The Hall–Kier alpha value is 0.330. The van der Waals surface area contributed by atoms with E-state index >= 15 is 0 Å². The molecule has 0 bridgehead atoms. The molecule has 8 atom stereocenters. The van der Waals surface area contributed by atoms with Crippen molar-refractivity contribution < 1.29 is 38.7 Å². The van der Waals surface area contributed by atoms with Gasteiger partial charge in [0.25, 0.3) is 0 Å². The van der Waals surface area contributed by atoms with Crippen LogP contribution in [0.15, 0.2) is 0 Å². The number of aliphatic hydroxyl groups excluding tert-OH is 3. The summed E-state index contributed by atoms with van der Waals surface area (Å²) in [5, 5.41) is 28.3. The molecule has 0 radical (unpaired) electrons. The number of rotatable bonds is 6. The molecule has 0 saturated carbocycles. The molecule has 4 N–H and O–H groups in total. The van der Waals surface area contributed by atoms with Crippen molar-refractivity contribution in [3.8, 4) is 0 Å². The number of ether oxygens (including phenoxy) is 2. The van der Waals surface area contributed by atoms with E-state index in [4.69, 9.17) is 30.3 Å². The molecule has 22 heavy (non-hydrogen) atoms. The lowest BCUT2D eigenvalue weighted by Gasteiger charge is -2.26. The van der Waals surface area contributed by atoms with Crippen LogP contribution >= 0.6 is 6.72 Å². The van der Waals surface area contributed by atoms with Gasteiger partial charge in [-0.25, -0.2) is 0 Å². The summed E-state index contributed by atoms with van der Waals surface area (Å²) in [4.78, 5) is 10.1. The largest absolute Gasteiger partial charge is 0.394 e. The van der Waals surface area contributed by atoms with Gasteiger partial charge >= 0.3 is 6.72 Å². The Labute approximate surface area is 134 Å². The molecule has 2 fully saturated rings. The van der Waals surface area contributed by atoms with Gasteiger partial charge in [0, 0.05) is 5.92 Å². The summed E-state index contributed by atoms with van der Waals surface area (Å²) in [7, 11) is 0. The summed E-state index contributed by atoms with van der Waals surface area (Å²) in [6.07, 6.45) is -4.11. The maximum atomic E-state index is 10.1. The van der Waals surface area contributed by atoms with Crippen molar-refractivity contribution >= 4 is 18.5 Å². The van der Waals surface area contributed by atoms with E-state index in [0.717, 1.165) is 0 Å². The molecule has 130 valence electrons. The number of hydrogen-bond acceptors (Lipinski definition) is 8. The second kappa shape index (κ2) is 7.48. The smallest absolute Gasteiger partial charge is 0.324 e. The molecule has 0 spiro atoms. The highest BCUT2D eigenvalue weighted by Gasteiger charge is 2.43. The lowest BCUT2D eigenvalue weighted by Crippen LogP contribution is -2.34. The lowest BCUT2D eigenvalue weighted by atomic mass is 10.00. The van der Waals surface area contributed by atoms with Crippen molar-refractivity contribution in [1.82, 2.24) is 0 Å². The third-order valence-electron chi connectivity index (χ3n) is 4.11. The van der Waals surface area contributed by atoms with Crippen molar-refractivity contribution in [3.05, 3.63) is 0 Å². The maximum Gasteiger partial charge on any atom is 0.324 e. The standard InChI is InChI=1S/C12H23O8PS/c1-6-7(2)19-9(3-13)12(6)20-21(16,22)18-5-10-11(15)8(14)4-17-10/h6-15H,3-5H2,1-2H3,(H,16,22)/t6?,7-,8?,9+,10+,11+,12+,21?/m0/s1. The molecule has 0 aliphatic carbocycles. The van der Waals surface area contributed by atoms with Crippen molar-refractivity contribution in [3.63, 3.8) is 0 Å². The first-order valence-corrected chi connectivity index (χ1v) is 9.74. The molecule has 0 amide bonds. The highest BCUT2D eigenvalue weighted by atomic mass is 32.5. The van der Waals surface area contributed by atoms with Gasteiger partial charge in [0.15, 0.2) is 0 Å². The zero-order chi connectivity index (χ0) is 16.5. The van der Waals surface area contributed by atoms with Crippen molar-refractivity contribution in [1.29, 1.82) is 0 Å². The van der Waals surface area contributed by atoms with Crippen LogP contribution in [-0.2, 0) is 30.3 Å². The van der Waals surface area contributed by atoms with E-state index in [1.54, 1.807) is 0 Å². The number of aliphatic hydroxyl groups is 3. The molecule has 10 heteroatoms. The van der Waals surface area contributed by atoms with Gasteiger partial charge in [0.2, 0.25) is 0 Å². The molecular weight excluding hydrogens is 335 g/mol. The van der Waals surface area contributed by atoms with Gasteiger partial charge in [-0.3, -0.25) is 0 Å². The van der Waals surface area contributed by atoms with Crippen LogP contribution in [0.1, 0.15) is 13.8 Å². The Bertz CT molecular complexity index is 424. The minimum atomic E-state index is -3.59. The van der Waals surface area contributed by atoms with Crippen LogP contribution in [0.3, 0.4) is 0 Å². The van der Waals surface area contributed by atoms with Crippen LogP contribution in [0.5, 0.6) is 0 Å². The Morgan fingerprint density at radius 3 is 2.50 bits per heavy atom. The van der Waals surface area contributed by atoms with Crippen LogP contribution in [0, 0.1) is 5.92 Å². The van der Waals surface area contributed by atoms with Crippen LogP contribution < -0.4 is 0 Å². The van der Waals surface area contributed by atoms with E-state index in [1.165, 1.54) is 0 Å². The normalized spacial score (nSPS) is 45.1. The molecule has 8 nitrogen and oxygen atoms in total. The van der Waals surface area contributed by atoms with Gasteiger partial charge in [-0.1, -0.05) is 6.92 Å². The topological polar surface area (TPSA) is 118 Å². The molecule has 0 aromatic carbocycles. The molecule has 2 heterocycles. The second-order valence-electron chi connectivity index (χ2n) is 5.69. The summed E-state index contributed by atoms with van der Waals surface area (Å²) in [6, 6.07) is 0. The van der Waals surface area contributed by atoms with Crippen molar-refractivity contribution in [2.45, 2.75) is 50.5 Å². The Kier molecular flexibility index (Phi) is 6.35. The van der Waals surface area contributed by atoms with Crippen LogP contribution in [0.2, 0.25) is 0 Å². The summed E-state index contributed by atoms with van der Waals surface area (Å²) < 4.78 is 21.3. The second-order valence-corrected chi connectivity index (χ2v) is 8.48. The Balaban J connectivity index is 1.89. The predicted octanol–water partition coefficient (Wildman–Crippen LogP) is -0.859. The third-order valence-corrected chi connectivity index (χ3v) is 5.67. The average molecular weight is 358 g/mol. The quantitative estimate of drug-likeness (QED) is 0.450. The third kappa shape index (κ3) is 4.24. The highest BCUT2D eigenvalue weighted by molar-refractivity contribution is 8.07. The molecule has 2 aliphatic heterocycles. The molecule has 2 rings (SSSR count). The SMILES string of the molecule is CC1[C@H](C)O[C@H](CO)[C@@H]1OP(O)(=S)OC[C@H]1OCC(O)[C@H]1O. The van der Waals surface area contributed by atoms with E-state index in [0.29, 0.717) is 0 Å². The maximum absolute atomic E-state index is 10.1. The van der Waals surface area contributed by atoms with Gasteiger partial charge in [-0.15, -0.1) is 0 Å². The molecule has 2 aliphatic rings. The van der Waals surface area contributed by atoms with Gasteiger partial charge in [-0.2, -0.15) is 0 Å². The first-order valence-electron chi connectivity index (χ1n) is 7.15. The van der Waals surface area contributed by atoms with Crippen LogP contribution in [0.25, 0.3) is 0 Å². The zero-order valence-electron chi connectivity index (χ0n) is 12.4. The highest BCUT2D eigenvalue weighted by Crippen LogP contribution is 2.49. The van der Waals surface area contributed by atoms with Gasteiger partial charge in [0.05, 0.1) is 25.9 Å². The molecule has 0 aromatic rings. The van der Waals surface area contributed by atoms with E-state index in [1.807, 2.05) is 13.8 Å². The van der Waals surface area contributed by atoms with Crippen LogP contribution in [0.4, 0.5) is 0 Å². The Morgan fingerprint density at radius 2 is 1.95 bits per heavy atom. The van der Waals surface area contributed by atoms with E-state index in [-0.39, 0.29) is 31.8 Å². The monoisotopic (exact) mass is 358 g/mol. The van der Waals surface area contributed by atoms with E-state index in [9.17, 15) is 20.2 Å². The Morgan fingerprint density at radius 1 is 1.27 bits per heavy atom. The first-order chi connectivity index (χ1) is 10.2. The van der Waals surface area contributed by atoms with E-state index < -0.39 is 37.2 Å². The van der Waals surface area contributed by atoms with Gasteiger partial charge < -0.3 is 38.7 Å². The fraction of sp³-hybridized carbons (Fsp3) is 1.00. The molecular formula is C12H23O8PS. The summed E-state index contributed by atoms with van der Waals surface area (Å²) in [6.45, 7) is -0.290. The van der Waals surface area contributed by atoms with Gasteiger partial charge in [0.1, 0.15) is 30.5 Å². The summed E-state index contributed by atoms with van der Waals surface area (Å²) >= 11 is 4.96. The van der Waals surface area contributed by atoms with Crippen molar-refractivity contribution in [2.24, 2.45) is 5.92 Å². The predicted molar refractivity (Wildman–Crippen MR) is 79.7 cm³/mol. The average Bonchev–Trinajstić information content (AvgIpc) is 2.91. The van der Waals surface area contributed by atoms with Crippen molar-refractivity contribution in [2.75, 3.05) is 19.8 Å². The lowest BCUT2D eigenvalue weighted by molar-refractivity contribution is -0.0235. The summed E-state index contributed by atoms with van der Waals surface area (Å²) in [5.74, 6) is -0.0645. The fourth-order valence-corrected chi connectivity index (χ4v) is 4.07. The van der Waals surface area contributed by atoms with E-state index in [2.05, 4.69) is 0 Å². The molecule has 0 aromatic heterocycles. The summed E-state index contributed by atoms with van der Waals surface area (Å²) in [5.41, 5.74) is 0. The fourth-order valence-electron chi connectivity index (χ4n) is 2.56.